The number of nitrogens with zero attached hydrogens (tertiary/aromatic N) is 3. The first-order valence-corrected chi connectivity index (χ1v) is 5.19. The highest BCUT2D eigenvalue weighted by molar-refractivity contribution is 7.99. The molecule has 15 heavy (non-hydrogen) atoms. The Morgan fingerprint density at radius 3 is 2.87 bits per heavy atom. The maximum absolute atomic E-state index is 5.39. The maximum Gasteiger partial charge on any atom is 0.277 e. The molecule has 0 bridgehead atoms. The minimum Gasteiger partial charge on any atom is -0.411 e. The van der Waals surface area contributed by atoms with Gasteiger partial charge >= 0.3 is 0 Å². The third-order valence-corrected chi connectivity index (χ3v) is 2.34. The molecule has 5 heteroatoms. The van der Waals surface area contributed by atoms with E-state index < -0.39 is 0 Å². The normalized spacial score (nSPS) is 9.80. The Hall–Kier alpha value is -1.80. The summed E-state index contributed by atoms with van der Waals surface area (Å²) in [5, 5.41) is 8.25. The monoisotopic (exact) mass is 217 g/mol. The van der Waals surface area contributed by atoms with Crippen molar-refractivity contribution in [3.8, 4) is 23.8 Å². The Morgan fingerprint density at radius 2 is 2.13 bits per heavy atom. The lowest BCUT2D eigenvalue weighted by atomic mass is 10.3. The summed E-state index contributed by atoms with van der Waals surface area (Å²) in [4.78, 5) is 3.91. The number of hydrogen-bond acceptors (Lipinski definition) is 5. The molecule has 74 valence electrons. The molecule has 2 aromatic heterocycles. The molecule has 0 aromatic carbocycles. The molecular weight excluding hydrogens is 210 g/mol. The van der Waals surface area contributed by atoms with Gasteiger partial charge in [-0.3, -0.25) is 4.98 Å². The maximum atomic E-state index is 5.39. The highest BCUT2D eigenvalue weighted by Gasteiger charge is 2.07. The van der Waals surface area contributed by atoms with Crippen molar-refractivity contribution in [1.82, 2.24) is 15.2 Å². The van der Waals surface area contributed by atoms with Crippen LogP contribution in [-0.2, 0) is 0 Å². The molecule has 2 aromatic rings. The van der Waals surface area contributed by atoms with Crippen LogP contribution in [0.2, 0.25) is 0 Å². The van der Waals surface area contributed by atoms with Gasteiger partial charge in [0.2, 0.25) is 5.89 Å². The molecule has 0 atom stereocenters. The van der Waals surface area contributed by atoms with Gasteiger partial charge in [0.25, 0.3) is 5.22 Å². The molecule has 0 radical (unpaired) electrons. The lowest BCUT2D eigenvalue weighted by Crippen LogP contribution is -1.77. The van der Waals surface area contributed by atoms with E-state index in [1.165, 1.54) is 11.8 Å². The van der Waals surface area contributed by atoms with Crippen molar-refractivity contribution in [2.75, 3.05) is 5.75 Å². The van der Waals surface area contributed by atoms with Crippen LogP contribution in [0.1, 0.15) is 0 Å². The number of rotatable bonds is 3. The fourth-order valence-corrected chi connectivity index (χ4v) is 1.43. The summed E-state index contributed by atoms with van der Waals surface area (Å²) in [6.45, 7) is 0. The van der Waals surface area contributed by atoms with Crippen molar-refractivity contribution in [3.63, 3.8) is 0 Å². The average Bonchev–Trinajstić information content (AvgIpc) is 2.76. The van der Waals surface area contributed by atoms with E-state index in [0.717, 1.165) is 5.56 Å². The lowest BCUT2D eigenvalue weighted by molar-refractivity contribution is 0.466. The molecule has 0 amide bonds. The smallest absolute Gasteiger partial charge is 0.277 e. The molecule has 0 aliphatic rings. The van der Waals surface area contributed by atoms with Crippen molar-refractivity contribution < 1.29 is 4.42 Å². The molecule has 4 nitrogen and oxygen atoms in total. The fourth-order valence-electron chi connectivity index (χ4n) is 0.983. The first-order valence-electron chi connectivity index (χ1n) is 4.20. The summed E-state index contributed by atoms with van der Waals surface area (Å²) in [7, 11) is 0. The molecular formula is C10H7N3OS. The first kappa shape index (κ1) is 9.74. The van der Waals surface area contributed by atoms with Crippen molar-refractivity contribution >= 4 is 11.8 Å². The Bertz CT molecular complexity index is 475. The molecule has 2 rings (SSSR count). The van der Waals surface area contributed by atoms with E-state index in [-0.39, 0.29) is 0 Å². The van der Waals surface area contributed by atoms with Gasteiger partial charge in [-0.2, -0.15) is 0 Å². The molecule has 0 N–H and O–H groups in total. The highest BCUT2D eigenvalue weighted by Crippen LogP contribution is 2.21. The van der Waals surface area contributed by atoms with Crippen LogP contribution in [0, 0.1) is 12.3 Å². The van der Waals surface area contributed by atoms with Crippen LogP contribution < -0.4 is 0 Å². The van der Waals surface area contributed by atoms with Crippen LogP contribution in [0.25, 0.3) is 11.5 Å². The van der Waals surface area contributed by atoms with Crippen LogP contribution in [-0.4, -0.2) is 20.9 Å². The summed E-state index contributed by atoms with van der Waals surface area (Å²) >= 11 is 1.34. The molecule has 0 aliphatic carbocycles. The fraction of sp³-hybridized carbons (Fsp3) is 0.100. The number of thioether (sulfide) groups is 1. The zero-order chi connectivity index (χ0) is 10.5. The standard InChI is InChI=1S/C10H7N3OS/c1-2-7-15-10-13-12-9(14-10)8-3-5-11-6-4-8/h1,3-6H,7H2. The van der Waals surface area contributed by atoms with Crippen LogP contribution in [0.3, 0.4) is 0 Å². The summed E-state index contributed by atoms with van der Waals surface area (Å²) in [6, 6.07) is 3.62. The second-order valence-electron chi connectivity index (χ2n) is 2.60. The number of aromatic nitrogens is 3. The van der Waals surface area contributed by atoms with E-state index in [4.69, 9.17) is 10.8 Å². The van der Waals surface area contributed by atoms with Crippen LogP contribution in [0.5, 0.6) is 0 Å². The molecule has 0 fully saturated rings. The van der Waals surface area contributed by atoms with Gasteiger partial charge < -0.3 is 4.42 Å². The van der Waals surface area contributed by atoms with E-state index in [2.05, 4.69) is 21.1 Å². The Labute approximate surface area is 91.1 Å². The summed E-state index contributed by atoms with van der Waals surface area (Å²) in [5.41, 5.74) is 0.852. The van der Waals surface area contributed by atoms with E-state index in [1.807, 2.05) is 12.1 Å². The lowest BCUT2D eigenvalue weighted by Gasteiger charge is -1.91. The molecule has 0 spiro atoms. The highest BCUT2D eigenvalue weighted by atomic mass is 32.2. The second-order valence-corrected chi connectivity index (χ2v) is 3.53. The van der Waals surface area contributed by atoms with Gasteiger partial charge in [-0.25, -0.2) is 0 Å². The minimum atomic E-state index is 0.483. The molecule has 0 unspecified atom stereocenters. The first-order chi connectivity index (χ1) is 7.40. The number of pyridine rings is 1. The summed E-state index contributed by atoms with van der Waals surface area (Å²) in [6.07, 6.45) is 8.47. The summed E-state index contributed by atoms with van der Waals surface area (Å²) < 4.78 is 5.39. The molecule has 0 saturated carbocycles. The largest absolute Gasteiger partial charge is 0.411 e. The van der Waals surface area contributed by atoms with Gasteiger partial charge in [0.1, 0.15) is 0 Å². The van der Waals surface area contributed by atoms with Crippen LogP contribution in [0.4, 0.5) is 0 Å². The summed E-state index contributed by atoms with van der Waals surface area (Å²) in [5.74, 6) is 3.50. The van der Waals surface area contributed by atoms with Gasteiger partial charge in [0.15, 0.2) is 0 Å². The topological polar surface area (TPSA) is 51.8 Å². The number of hydrogen-bond donors (Lipinski definition) is 0. The third kappa shape index (κ3) is 2.36. The quantitative estimate of drug-likeness (QED) is 0.580. The van der Waals surface area contributed by atoms with Gasteiger partial charge in [-0.15, -0.1) is 16.6 Å². The Balaban J connectivity index is 2.18. The minimum absolute atomic E-state index is 0.483. The molecule has 0 saturated heterocycles. The predicted octanol–water partition coefficient (Wildman–Crippen LogP) is 1.86. The van der Waals surface area contributed by atoms with Crippen molar-refractivity contribution in [3.05, 3.63) is 24.5 Å². The second kappa shape index (κ2) is 4.62. The zero-order valence-electron chi connectivity index (χ0n) is 7.75. The van der Waals surface area contributed by atoms with Crippen molar-refractivity contribution in [2.24, 2.45) is 0 Å². The Kier molecular flexibility index (Phi) is 3.00. The van der Waals surface area contributed by atoms with Crippen LogP contribution >= 0.6 is 11.8 Å². The number of terminal acetylenes is 1. The van der Waals surface area contributed by atoms with Crippen molar-refractivity contribution in [1.29, 1.82) is 0 Å². The van der Waals surface area contributed by atoms with Gasteiger partial charge in [-0.05, 0) is 12.1 Å². The van der Waals surface area contributed by atoms with Gasteiger partial charge in [0, 0.05) is 18.0 Å². The van der Waals surface area contributed by atoms with E-state index in [9.17, 15) is 0 Å². The van der Waals surface area contributed by atoms with E-state index in [0.29, 0.717) is 16.9 Å². The average molecular weight is 217 g/mol. The van der Waals surface area contributed by atoms with E-state index in [1.54, 1.807) is 12.4 Å². The van der Waals surface area contributed by atoms with Gasteiger partial charge in [0.05, 0.1) is 5.75 Å². The van der Waals surface area contributed by atoms with Crippen LogP contribution in [0.15, 0.2) is 34.2 Å². The van der Waals surface area contributed by atoms with Crippen molar-refractivity contribution in [2.45, 2.75) is 5.22 Å². The Morgan fingerprint density at radius 1 is 1.33 bits per heavy atom. The van der Waals surface area contributed by atoms with E-state index >= 15 is 0 Å². The molecule has 0 aliphatic heterocycles. The predicted molar refractivity (Wildman–Crippen MR) is 57.1 cm³/mol. The zero-order valence-corrected chi connectivity index (χ0v) is 8.57. The van der Waals surface area contributed by atoms with Gasteiger partial charge in [-0.1, -0.05) is 17.7 Å². The third-order valence-electron chi connectivity index (χ3n) is 1.61. The molecule has 2 heterocycles. The SMILES string of the molecule is C#CCSc1nnc(-c2ccncc2)o1.